The van der Waals surface area contributed by atoms with Gasteiger partial charge in [0, 0.05) is 17.1 Å². The van der Waals surface area contributed by atoms with Crippen LogP contribution in [0.5, 0.6) is 0 Å². The molecule has 1 unspecified atom stereocenters. The van der Waals surface area contributed by atoms with Crippen LogP contribution in [-0.4, -0.2) is 12.6 Å². The van der Waals surface area contributed by atoms with E-state index in [1.807, 2.05) is 0 Å². The molecule has 1 rings (SSSR count). The van der Waals surface area contributed by atoms with Gasteiger partial charge in [-0.1, -0.05) is 55.8 Å². The molecule has 0 amide bonds. The monoisotopic (exact) mass is 297 g/mol. The number of hydrogen-bond donors (Lipinski definition) is 1. The molecule has 0 aliphatic carbocycles. The van der Waals surface area contributed by atoms with E-state index in [1.54, 1.807) is 0 Å². The molecule has 0 saturated carbocycles. The van der Waals surface area contributed by atoms with E-state index in [1.165, 1.54) is 16.5 Å². The molecule has 0 bridgehead atoms. The Bertz CT molecular complexity index is 349. The van der Waals surface area contributed by atoms with Gasteiger partial charge in [0.15, 0.2) is 0 Å². The molecule has 0 spiro atoms. The van der Waals surface area contributed by atoms with Crippen molar-refractivity contribution in [2.45, 2.75) is 46.6 Å². The van der Waals surface area contributed by atoms with E-state index in [2.05, 4.69) is 73.2 Å². The van der Waals surface area contributed by atoms with Crippen LogP contribution in [0.15, 0.2) is 28.7 Å². The van der Waals surface area contributed by atoms with E-state index in [9.17, 15) is 0 Å². The van der Waals surface area contributed by atoms with Crippen LogP contribution >= 0.6 is 15.9 Å². The summed E-state index contributed by atoms with van der Waals surface area (Å²) in [7, 11) is 0. The van der Waals surface area contributed by atoms with Crippen molar-refractivity contribution in [2.75, 3.05) is 6.54 Å². The van der Waals surface area contributed by atoms with Gasteiger partial charge in [0.2, 0.25) is 0 Å². The summed E-state index contributed by atoms with van der Waals surface area (Å²) in [4.78, 5) is 0. The Hall–Kier alpha value is -0.340. The third kappa shape index (κ3) is 5.22. The standard InChI is InChI=1S/C15H24BrN/c1-5-15(4,11-17-12(2)3)10-13-7-6-8-14(16)9-13/h6-9,12,17H,5,10-11H2,1-4H3. The van der Waals surface area contributed by atoms with Crippen LogP contribution in [0.4, 0.5) is 0 Å². The molecule has 0 fully saturated rings. The average Bonchev–Trinajstić information content (AvgIpc) is 2.26. The molecular weight excluding hydrogens is 274 g/mol. The summed E-state index contributed by atoms with van der Waals surface area (Å²) in [6.07, 6.45) is 2.32. The minimum atomic E-state index is 0.338. The summed E-state index contributed by atoms with van der Waals surface area (Å²) in [5.41, 5.74) is 1.75. The molecule has 0 aliphatic rings. The Kier molecular flexibility index (Phi) is 5.68. The molecule has 17 heavy (non-hydrogen) atoms. The van der Waals surface area contributed by atoms with Crippen LogP contribution < -0.4 is 5.32 Å². The highest BCUT2D eigenvalue weighted by Crippen LogP contribution is 2.27. The number of halogens is 1. The van der Waals surface area contributed by atoms with Crippen molar-refractivity contribution < 1.29 is 0 Å². The molecule has 0 radical (unpaired) electrons. The SMILES string of the molecule is CCC(C)(CNC(C)C)Cc1cccc(Br)c1. The van der Waals surface area contributed by atoms with Gasteiger partial charge < -0.3 is 5.32 Å². The quantitative estimate of drug-likeness (QED) is 0.820. The van der Waals surface area contributed by atoms with Crippen LogP contribution in [0.2, 0.25) is 0 Å². The van der Waals surface area contributed by atoms with E-state index < -0.39 is 0 Å². The Balaban J connectivity index is 2.67. The maximum Gasteiger partial charge on any atom is 0.0177 e. The summed E-state index contributed by atoms with van der Waals surface area (Å²) in [5.74, 6) is 0. The zero-order chi connectivity index (χ0) is 12.9. The van der Waals surface area contributed by atoms with Crippen molar-refractivity contribution in [1.29, 1.82) is 0 Å². The number of hydrogen-bond acceptors (Lipinski definition) is 1. The zero-order valence-electron chi connectivity index (χ0n) is 11.4. The Morgan fingerprint density at radius 1 is 1.35 bits per heavy atom. The minimum absolute atomic E-state index is 0.338. The molecule has 1 atom stereocenters. The second-order valence-electron chi connectivity index (χ2n) is 5.51. The molecule has 1 aromatic rings. The number of rotatable bonds is 6. The van der Waals surface area contributed by atoms with Gasteiger partial charge in [0.1, 0.15) is 0 Å². The maximum absolute atomic E-state index is 3.56. The molecule has 1 nitrogen and oxygen atoms in total. The maximum atomic E-state index is 3.56. The summed E-state index contributed by atoms with van der Waals surface area (Å²) < 4.78 is 1.17. The van der Waals surface area contributed by atoms with Gasteiger partial charge >= 0.3 is 0 Å². The van der Waals surface area contributed by atoms with Gasteiger partial charge in [-0.25, -0.2) is 0 Å². The van der Waals surface area contributed by atoms with Crippen LogP contribution in [0.3, 0.4) is 0 Å². The minimum Gasteiger partial charge on any atom is -0.314 e. The van der Waals surface area contributed by atoms with Crippen LogP contribution in [-0.2, 0) is 6.42 Å². The second-order valence-corrected chi connectivity index (χ2v) is 6.42. The lowest BCUT2D eigenvalue weighted by Crippen LogP contribution is -2.36. The molecule has 0 heterocycles. The first-order chi connectivity index (χ1) is 7.95. The zero-order valence-corrected chi connectivity index (χ0v) is 13.0. The molecule has 0 saturated heterocycles. The number of nitrogens with one attached hydrogen (secondary N) is 1. The van der Waals surface area contributed by atoms with Crippen molar-refractivity contribution in [2.24, 2.45) is 5.41 Å². The van der Waals surface area contributed by atoms with Gasteiger partial charge in [-0.3, -0.25) is 0 Å². The van der Waals surface area contributed by atoms with Crippen molar-refractivity contribution in [3.05, 3.63) is 34.3 Å². The first-order valence-corrected chi connectivity index (χ1v) is 7.22. The highest BCUT2D eigenvalue weighted by Gasteiger charge is 2.22. The normalized spacial score (nSPS) is 14.9. The van der Waals surface area contributed by atoms with Crippen LogP contribution in [0.25, 0.3) is 0 Å². The smallest absolute Gasteiger partial charge is 0.0177 e. The molecule has 0 aliphatic heterocycles. The van der Waals surface area contributed by atoms with Gasteiger partial charge in [-0.2, -0.15) is 0 Å². The fourth-order valence-corrected chi connectivity index (χ4v) is 2.35. The lowest BCUT2D eigenvalue weighted by atomic mass is 9.81. The first-order valence-electron chi connectivity index (χ1n) is 6.43. The van der Waals surface area contributed by atoms with Gasteiger partial charge in [-0.05, 0) is 36.0 Å². The van der Waals surface area contributed by atoms with E-state index in [0.717, 1.165) is 13.0 Å². The van der Waals surface area contributed by atoms with Crippen LogP contribution in [0, 0.1) is 5.41 Å². The summed E-state index contributed by atoms with van der Waals surface area (Å²) in [5, 5.41) is 3.56. The topological polar surface area (TPSA) is 12.0 Å². The molecule has 1 N–H and O–H groups in total. The van der Waals surface area contributed by atoms with Gasteiger partial charge in [0.05, 0.1) is 0 Å². The first kappa shape index (κ1) is 14.7. The third-order valence-corrected chi connectivity index (χ3v) is 3.80. The summed E-state index contributed by atoms with van der Waals surface area (Å²) in [6, 6.07) is 9.20. The molecule has 1 aromatic carbocycles. The number of benzene rings is 1. The van der Waals surface area contributed by atoms with Crippen molar-refractivity contribution in [3.8, 4) is 0 Å². The average molecular weight is 298 g/mol. The highest BCUT2D eigenvalue weighted by atomic mass is 79.9. The van der Waals surface area contributed by atoms with E-state index in [-0.39, 0.29) is 0 Å². The Labute approximate surface area is 114 Å². The van der Waals surface area contributed by atoms with E-state index in [4.69, 9.17) is 0 Å². The molecule has 96 valence electrons. The van der Waals surface area contributed by atoms with Crippen molar-refractivity contribution in [3.63, 3.8) is 0 Å². The lowest BCUT2D eigenvalue weighted by molar-refractivity contribution is 0.281. The molecular formula is C15H24BrN. The summed E-state index contributed by atoms with van der Waals surface area (Å²) >= 11 is 3.54. The lowest BCUT2D eigenvalue weighted by Gasteiger charge is -2.30. The fourth-order valence-electron chi connectivity index (χ4n) is 1.90. The Morgan fingerprint density at radius 2 is 2.06 bits per heavy atom. The molecule has 0 aromatic heterocycles. The van der Waals surface area contributed by atoms with Crippen molar-refractivity contribution in [1.82, 2.24) is 5.32 Å². The van der Waals surface area contributed by atoms with E-state index in [0.29, 0.717) is 11.5 Å². The molecule has 2 heteroatoms. The van der Waals surface area contributed by atoms with Crippen LogP contribution in [0.1, 0.15) is 39.7 Å². The van der Waals surface area contributed by atoms with E-state index >= 15 is 0 Å². The third-order valence-electron chi connectivity index (χ3n) is 3.31. The Morgan fingerprint density at radius 3 is 2.59 bits per heavy atom. The predicted octanol–water partition coefficient (Wildman–Crippen LogP) is 4.41. The van der Waals surface area contributed by atoms with Gasteiger partial charge in [-0.15, -0.1) is 0 Å². The predicted molar refractivity (Wildman–Crippen MR) is 79.4 cm³/mol. The second kappa shape index (κ2) is 6.55. The van der Waals surface area contributed by atoms with Gasteiger partial charge in [0.25, 0.3) is 0 Å². The highest BCUT2D eigenvalue weighted by molar-refractivity contribution is 9.10. The van der Waals surface area contributed by atoms with Crippen molar-refractivity contribution >= 4 is 15.9 Å². The summed E-state index contributed by atoms with van der Waals surface area (Å²) in [6.45, 7) is 10.1. The fraction of sp³-hybridized carbons (Fsp3) is 0.600. The largest absolute Gasteiger partial charge is 0.314 e.